The Kier molecular flexibility index (Phi) is 2.33. The zero-order valence-corrected chi connectivity index (χ0v) is 7.46. The number of rotatable bonds is 2. The molecule has 1 nitrogen and oxygen atoms in total. The fraction of sp³-hybridized carbons (Fsp3) is 0.500. The fourth-order valence-electron chi connectivity index (χ4n) is 0.791. The molecular weight excluding hydrogens is 142 g/mol. The molecule has 0 fully saturated rings. The third-order valence-electron chi connectivity index (χ3n) is 1.16. The lowest BCUT2D eigenvalue weighted by atomic mass is 10.3. The lowest BCUT2D eigenvalue weighted by molar-refractivity contribution is 0.904. The highest BCUT2D eigenvalue weighted by atomic mass is 32.1. The summed E-state index contributed by atoms with van der Waals surface area (Å²) in [7, 11) is 0. The molecule has 1 aromatic rings. The summed E-state index contributed by atoms with van der Waals surface area (Å²) < 4.78 is 0. The van der Waals surface area contributed by atoms with E-state index in [0.29, 0.717) is 6.04 Å². The van der Waals surface area contributed by atoms with E-state index >= 15 is 0 Å². The Morgan fingerprint density at radius 2 is 2.20 bits per heavy atom. The third kappa shape index (κ3) is 2.03. The highest BCUT2D eigenvalue weighted by Crippen LogP contribution is 2.19. The molecule has 0 saturated carbocycles. The Balaban J connectivity index is 2.58. The van der Waals surface area contributed by atoms with Crippen LogP contribution in [0.25, 0.3) is 0 Å². The normalized spacial score (nSPS) is 10.4. The van der Waals surface area contributed by atoms with Crippen LogP contribution in [0.4, 0.5) is 5.00 Å². The van der Waals surface area contributed by atoms with Crippen molar-refractivity contribution in [3.63, 3.8) is 0 Å². The number of thiophene rings is 1. The monoisotopic (exact) mass is 155 g/mol. The van der Waals surface area contributed by atoms with E-state index in [4.69, 9.17) is 0 Å². The van der Waals surface area contributed by atoms with Crippen LogP contribution in [-0.2, 0) is 0 Å². The van der Waals surface area contributed by atoms with E-state index < -0.39 is 0 Å². The van der Waals surface area contributed by atoms with Crippen LogP contribution in [0.3, 0.4) is 0 Å². The molecule has 2 heteroatoms. The Hall–Kier alpha value is -0.500. The number of aryl methyl sites for hydroxylation is 1. The van der Waals surface area contributed by atoms with Gasteiger partial charge in [0.1, 0.15) is 0 Å². The summed E-state index contributed by atoms with van der Waals surface area (Å²) in [6, 6.07) is 2.71. The van der Waals surface area contributed by atoms with E-state index in [1.807, 2.05) is 0 Å². The van der Waals surface area contributed by atoms with Gasteiger partial charge in [-0.2, -0.15) is 0 Å². The summed E-state index contributed by atoms with van der Waals surface area (Å²) in [5.41, 5.74) is 1.34. The maximum atomic E-state index is 3.34. The van der Waals surface area contributed by atoms with Gasteiger partial charge in [-0.3, -0.25) is 0 Å². The maximum absolute atomic E-state index is 3.34. The Morgan fingerprint density at radius 1 is 1.50 bits per heavy atom. The number of nitrogens with one attached hydrogen (secondary N) is 1. The molecular formula is C8H13NS. The first-order valence-electron chi connectivity index (χ1n) is 3.50. The van der Waals surface area contributed by atoms with Crippen LogP contribution in [0.5, 0.6) is 0 Å². The standard InChI is InChI=1S/C8H13NS/c1-6(2)9-8-4-7(3)5-10-8/h4-6,9H,1-3H3. The molecule has 1 rings (SSSR count). The van der Waals surface area contributed by atoms with Crippen molar-refractivity contribution in [3.05, 3.63) is 17.0 Å². The van der Waals surface area contributed by atoms with Gasteiger partial charge in [0.15, 0.2) is 0 Å². The van der Waals surface area contributed by atoms with E-state index in [9.17, 15) is 0 Å². The zero-order chi connectivity index (χ0) is 7.56. The Labute approximate surface area is 66.1 Å². The molecule has 0 aliphatic heterocycles. The molecule has 0 unspecified atom stereocenters. The van der Waals surface area contributed by atoms with Crippen LogP contribution in [0, 0.1) is 6.92 Å². The number of hydrogen-bond donors (Lipinski definition) is 1. The first-order valence-corrected chi connectivity index (χ1v) is 4.38. The number of anilines is 1. The van der Waals surface area contributed by atoms with E-state index in [1.54, 1.807) is 11.3 Å². The van der Waals surface area contributed by atoms with Crippen molar-refractivity contribution in [3.8, 4) is 0 Å². The van der Waals surface area contributed by atoms with E-state index in [2.05, 4.69) is 37.5 Å². The van der Waals surface area contributed by atoms with Gasteiger partial charge < -0.3 is 5.32 Å². The van der Waals surface area contributed by atoms with Crippen LogP contribution in [0.2, 0.25) is 0 Å². The van der Waals surface area contributed by atoms with Crippen LogP contribution in [0.15, 0.2) is 11.4 Å². The average Bonchev–Trinajstić information content (AvgIpc) is 2.13. The minimum Gasteiger partial charge on any atom is -0.375 e. The first-order chi connectivity index (χ1) is 4.68. The van der Waals surface area contributed by atoms with Gasteiger partial charge in [-0.05, 0) is 37.8 Å². The number of hydrogen-bond acceptors (Lipinski definition) is 2. The van der Waals surface area contributed by atoms with Gasteiger partial charge in [0, 0.05) is 6.04 Å². The van der Waals surface area contributed by atoms with Gasteiger partial charge in [-0.15, -0.1) is 11.3 Å². The van der Waals surface area contributed by atoms with Gasteiger partial charge in [0.25, 0.3) is 0 Å². The van der Waals surface area contributed by atoms with E-state index in [-0.39, 0.29) is 0 Å². The van der Waals surface area contributed by atoms with E-state index in [1.165, 1.54) is 10.6 Å². The van der Waals surface area contributed by atoms with Gasteiger partial charge in [-0.25, -0.2) is 0 Å². The lowest BCUT2D eigenvalue weighted by Gasteiger charge is -2.05. The van der Waals surface area contributed by atoms with Crippen LogP contribution in [-0.4, -0.2) is 6.04 Å². The summed E-state index contributed by atoms with van der Waals surface area (Å²) >= 11 is 1.77. The van der Waals surface area contributed by atoms with Crippen molar-refractivity contribution in [1.82, 2.24) is 0 Å². The van der Waals surface area contributed by atoms with Gasteiger partial charge in [0.05, 0.1) is 5.00 Å². The zero-order valence-electron chi connectivity index (χ0n) is 6.64. The molecule has 1 heterocycles. The third-order valence-corrected chi connectivity index (χ3v) is 2.14. The summed E-state index contributed by atoms with van der Waals surface area (Å²) in [5.74, 6) is 0. The predicted octanol–water partition coefficient (Wildman–Crippen LogP) is 2.88. The molecule has 1 aromatic heterocycles. The molecule has 0 spiro atoms. The topological polar surface area (TPSA) is 12.0 Å². The van der Waals surface area contributed by atoms with Gasteiger partial charge >= 0.3 is 0 Å². The van der Waals surface area contributed by atoms with Crippen LogP contribution in [0.1, 0.15) is 19.4 Å². The summed E-state index contributed by atoms with van der Waals surface area (Å²) in [6.45, 7) is 6.41. The second-order valence-corrected chi connectivity index (χ2v) is 3.70. The fourth-order valence-corrected chi connectivity index (χ4v) is 1.73. The van der Waals surface area contributed by atoms with Crippen LogP contribution >= 0.6 is 11.3 Å². The lowest BCUT2D eigenvalue weighted by Crippen LogP contribution is -2.07. The molecule has 10 heavy (non-hydrogen) atoms. The molecule has 0 saturated heterocycles. The second kappa shape index (κ2) is 3.06. The maximum Gasteiger partial charge on any atom is 0.0887 e. The minimum absolute atomic E-state index is 0.540. The molecule has 0 aromatic carbocycles. The summed E-state index contributed by atoms with van der Waals surface area (Å²) in [5, 5.41) is 6.77. The quantitative estimate of drug-likeness (QED) is 0.692. The smallest absolute Gasteiger partial charge is 0.0887 e. The largest absolute Gasteiger partial charge is 0.375 e. The molecule has 0 radical (unpaired) electrons. The van der Waals surface area contributed by atoms with Crippen molar-refractivity contribution < 1.29 is 0 Å². The summed E-state index contributed by atoms with van der Waals surface area (Å²) in [6.07, 6.45) is 0. The van der Waals surface area contributed by atoms with Crippen molar-refractivity contribution >= 4 is 16.3 Å². The van der Waals surface area contributed by atoms with Crippen molar-refractivity contribution in [2.75, 3.05) is 5.32 Å². The molecule has 0 amide bonds. The molecule has 56 valence electrons. The molecule has 1 N–H and O–H groups in total. The molecule has 0 bridgehead atoms. The predicted molar refractivity (Wildman–Crippen MR) is 47.8 cm³/mol. The van der Waals surface area contributed by atoms with Crippen molar-refractivity contribution in [1.29, 1.82) is 0 Å². The highest BCUT2D eigenvalue weighted by Gasteiger charge is 1.96. The van der Waals surface area contributed by atoms with Gasteiger partial charge in [-0.1, -0.05) is 0 Å². The van der Waals surface area contributed by atoms with Crippen LogP contribution < -0.4 is 5.32 Å². The molecule has 0 atom stereocenters. The van der Waals surface area contributed by atoms with Crippen molar-refractivity contribution in [2.24, 2.45) is 0 Å². The Bertz CT molecular complexity index is 203. The second-order valence-electron chi connectivity index (χ2n) is 2.79. The minimum atomic E-state index is 0.540. The first kappa shape index (κ1) is 7.61. The summed E-state index contributed by atoms with van der Waals surface area (Å²) in [4.78, 5) is 0. The molecule has 0 aliphatic carbocycles. The van der Waals surface area contributed by atoms with E-state index in [0.717, 1.165) is 0 Å². The Morgan fingerprint density at radius 3 is 2.60 bits per heavy atom. The SMILES string of the molecule is Cc1csc(NC(C)C)c1. The average molecular weight is 155 g/mol. The van der Waals surface area contributed by atoms with Gasteiger partial charge in [0.2, 0.25) is 0 Å². The van der Waals surface area contributed by atoms with Crippen molar-refractivity contribution in [2.45, 2.75) is 26.8 Å². The molecule has 0 aliphatic rings. The highest BCUT2D eigenvalue weighted by molar-refractivity contribution is 7.14.